The lowest BCUT2D eigenvalue weighted by molar-refractivity contribution is 0.0755. The molecule has 0 radical (unpaired) electrons. The lowest BCUT2D eigenvalue weighted by atomic mass is 9.82. The van der Waals surface area contributed by atoms with Gasteiger partial charge < -0.3 is 15.2 Å². The molecule has 0 saturated heterocycles. The van der Waals surface area contributed by atoms with E-state index in [0.29, 0.717) is 18.6 Å². The Morgan fingerprint density at radius 2 is 2.11 bits per heavy atom. The molecule has 27 heavy (non-hydrogen) atoms. The maximum absolute atomic E-state index is 13.8. The van der Waals surface area contributed by atoms with E-state index < -0.39 is 17.3 Å². The van der Waals surface area contributed by atoms with Gasteiger partial charge in [-0.3, -0.25) is 4.79 Å². The monoisotopic (exact) mass is 390 g/mol. The standard InChI is InChI=1S/C20H23FN2O3S/c1-27-16-7-5-6-15(11-16)26-19-17(10-14(21)12-22-19)18(25)23-20(13-24)8-3-2-4-9-20/h5-7,10-12,24H,2-4,8-9,13H2,1H3,(H,23,25). The number of carbonyl (C=O) groups excluding carboxylic acids is 1. The Hall–Kier alpha value is -2.12. The summed E-state index contributed by atoms with van der Waals surface area (Å²) in [6.07, 6.45) is 7.33. The highest BCUT2D eigenvalue weighted by molar-refractivity contribution is 7.98. The van der Waals surface area contributed by atoms with E-state index in [1.54, 1.807) is 17.8 Å². The van der Waals surface area contributed by atoms with Crippen LogP contribution in [0.4, 0.5) is 4.39 Å². The van der Waals surface area contributed by atoms with Gasteiger partial charge in [-0.1, -0.05) is 25.3 Å². The van der Waals surface area contributed by atoms with E-state index in [1.165, 1.54) is 0 Å². The van der Waals surface area contributed by atoms with Crippen LogP contribution in [-0.2, 0) is 0 Å². The topological polar surface area (TPSA) is 71.5 Å². The van der Waals surface area contributed by atoms with Crippen molar-refractivity contribution in [1.29, 1.82) is 0 Å². The summed E-state index contributed by atoms with van der Waals surface area (Å²) >= 11 is 1.56. The number of ether oxygens (including phenoxy) is 1. The van der Waals surface area contributed by atoms with E-state index >= 15 is 0 Å². The van der Waals surface area contributed by atoms with Gasteiger partial charge in [0.25, 0.3) is 5.91 Å². The van der Waals surface area contributed by atoms with Crippen LogP contribution in [0.25, 0.3) is 0 Å². The summed E-state index contributed by atoms with van der Waals surface area (Å²) in [5.74, 6) is -0.554. The molecule has 1 fully saturated rings. The van der Waals surface area contributed by atoms with E-state index in [0.717, 1.165) is 36.4 Å². The van der Waals surface area contributed by atoms with Gasteiger partial charge in [0, 0.05) is 4.90 Å². The largest absolute Gasteiger partial charge is 0.438 e. The normalized spacial score (nSPS) is 16.0. The second-order valence-electron chi connectivity index (χ2n) is 6.74. The summed E-state index contributed by atoms with van der Waals surface area (Å²) in [5, 5.41) is 12.7. The molecule has 7 heteroatoms. The summed E-state index contributed by atoms with van der Waals surface area (Å²) in [4.78, 5) is 17.8. The van der Waals surface area contributed by atoms with Gasteiger partial charge in [0.15, 0.2) is 0 Å². The predicted molar refractivity (Wildman–Crippen MR) is 103 cm³/mol. The average molecular weight is 390 g/mol. The second-order valence-corrected chi connectivity index (χ2v) is 7.62. The van der Waals surface area contributed by atoms with Crippen molar-refractivity contribution in [2.24, 2.45) is 0 Å². The molecule has 2 aromatic rings. The number of carbonyl (C=O) groups is 1. The van der Waals surface area contributed by atoms with Crippen molar-refractivity contribution in [3.63, 3.8) is 0 Å². The minimum absolute atomic E-state index is 0.0166. The summed E-state index contributed by atoms with van der Waals surface area (Å²) in [5.41, 5.74) is -0.652. The van der Waals surface area contributed by atoms with Crippen LogP contribution in [0.15, 0.2) is 41.4 Å². The van der Waals surface area contributed by atoms with Gasteiger partial charge >= 0.3 is 0 Å². The highest BCUT2D eigenvalue weighted by Crippen LogP contribution is 2.30. The fraction of sp³-hybridized carbons (Fsp3) is 0.400. The van der Waals surface area contributed by atoms with Crippen molar-refractivity contribution in [3.05, 3.63) is 47.9 Å². The van der Waals surface area contributed by atoms with Crippen molar-refractivity contribution in [1.82, 2.24) is 10.3 Å². The molecule has 1 aliphatic carbocycles. The average Bonchev–Trinajstić information content (AvgIpc) is 2.70. The van der Waals surface area contributed by atoms with E-state index in [-0.39, 0.29) is 18.1 Å². The highest BCUT2D eigenvalue weighted by atomic mass is 32.2. The number of hydrogen-bond acceptors (Lipinski definition) is 5. The van der Waals surface area contributed by atoms with Crippen LogP contribution in [0, 0.1) is 5.82 Å². The van der Waals surface area contributed by atoms with Crippen molar-refractivity contribution < 1.29 is 19.0 Å². The number of halogens is 1. The van der Waals surface area contributed by atoms with Gasteiger partial charge in [-0.25, -0.2) is 9.37 Å². The molecule has 0 atom stereocenters. The molecule has 144 valence electrons. The minimum atomic E-state index is -0.669. The molecule has 0 unspecified atom stereocenters. The number of nitrogens with one attached hydrogen (secondary N) is 1. The summed E-state index contributed by atoms with van der Waals surface area (Å²) in [6.45, 7) is -0.145. The zero-order valence-electron chi connectivity index (χ0n) is 15.2. The molecular weight excluding hydrogens is 367 g/mol. The first kappa shape index (κ1) is 19.6. The number of aliphatic hydroxyl groups excluding tert-OH is 1. The third-order valence-corrected chi connectivity index (χ3v) is 5.54. The van der Waals surface area contributed by atoms with Crippen molar-refractivity contribution in [2.75, 3.05) is 12.9 Å². The van der Waals surface area contributed by atoms with Crippen LogP contribution in [-0.4, -0.2) is 34.4 Å². The lowest BCUT2D eigenvalue weighted by Gasteiger charge is -2.36. The molecule has 3 rings (SSSR count). The molecule has 0 spiro atoms. The molecule has 5 nitrogen and oxygen atoms in total. The molecule has 1 saturated carbocycles. The highest BCUT2D eigenvalue weighted by Gasteiger charge is 2.34. The van der Waals surface area contributed by atoms with Gasteiger partial charge in [0.05, 0.1) is 18.3 Å². The zero-order valence-corrected chi connectivity index (χ0v) is 16.0. The van der Waals surface area contributed by atoms with Gasteiger partial charge in [0.2, 0.25) is 5.88 Å². The molecule has 1 aliphatic rings. The minimum Gasteiger partial charge on any atom is -0.438 e. The Morgan fingerprint density at radius 3 is 2.81 bits per heavy atom. The smallest absolute Gasteiger partial charge is 0.257 e. The van der Waals surface area contributed by atoms with E-state index in [1.807, 2.05) is 24.5 Å². The number of thioether (sulfide) groups is 1. The number of hydrogen-bond donors (Lipinski definition) is 2. The first-order chi connectivity index (χ1) is 13.0. The Bertz CT molecular complexity index is 810. The van der Waals surface area contributed by atoms with Crippen molar-refractivity contribution in [3.8, 4) is 11.6 Å². The second kappa shape index (κ2) is 8.71. The van der Waals surface area contributed by atoms with Gasteiger partial charge in [0.1, 0.15) is 17.1 Å². The summed E-state index contributed by atoms with van der Waals surface area (Å²) in [7, 11) is 0. The number of amides is 1. The molecule has 1 amide bonds. The van der Waals surface area contributed by atoms with Gasteiger partial charge in [-0.2, -0.15) is 0 Å². The third kappa shape index (κ3) is 4.78. The number of aliphatic hydroxyl groups is 1. The molecule has 1 aromatic heterocycles. The van der Waals surface area contributed by atoms with Crippen LogP contribution < -0.4 is 10.1 Å². The number of nitrogens with zero attached hydrogens (tertiary/aromatic N) is 1. The number of pyridine rings is 1. The number of aromatic nitrogens is 1. The summed E-state index contributed by atoms with van der Waals surface area (Å²) < 4.78 is 19.5. The molecule has 2 N–H and O–H groups in total. The van der Waals surface area contributed by atoms with Crippen molar-refractivity contribution in [2.45, 2.75) is 42.5 Å². The Morgan fingerprint density at radius 1 is 1.33 bits per heavy atom. The first-order valence-electron chi connectivity index (χ1n) is 8.96. The Kier molecular flexibility index (Phi) is 6.34. The molecule has 0 aliphatic heterocycles. The van der Waals surface area contributed by atoms with Gasteiger partial charge in [-0.15, -0.1) is 11.8 Å². The molecule has 1 heterocycles. The van der Waals surface area contributed by atoms with Crippen LogP contribution in [0.5, 0.6) is 11.6 Å². The number of benzene rings is 1. The summed E-state index contributed by atoms with van der Waals surface area (Å²) in [6, 6.07) is 8.48. The van der Waals surface area contributed by atoms with E-state index in [9.17, 15) is 14.3 Å². The quantitative estimate of drug-likeness (QED) is 0.725. The molecule has 0 bridgehead atoms. The Balaban J connectivity index is 1.85. The Labute approximate surface area is 162 Å². The number of rotatable bonds is 6. The van der Waals surface area contributed by atoms with Crippen molar-refractivity contribution >= 4 is 17.7 Å². The van der Waals surface area contributed by atoms with Crippen LogP contribution in [0.2, 0.25) is 0 Å². The third-order valence-electron chi connectivity index (χ3n) is 4.81. The van der Waals surface area contributed by atoms with E-state index in [2.05, 4.69) is 10.3 Å². The maximum Gasteiger partial charge on any atom is 0.257 e. The lowest BCUT2D eigenvalue weighted by Crippen LogP contribution is -2.52. The maximum atomic E-state index is 13.8. The fourth-order valence-corrected chi connectivity index (χ4v) is 3.76. The van der Waals surface area contributed by atoms with Crippen LogP contribution in [0.1, 0.15) is 42.5 Å². The fourth-order valence-electron chi connectivity index (χ4n) is 3.31. The van der Waals surface area contributed by atoms with Gasteiger partial charge in [-0.05, 0) is 43.4 Å². The SMILES string of the molecule is CSc1cccc(Oc2ncc(F)cc2C(=O)NC2(CO)CCCCC2)c1. The molecular formula is C20H23FN2O3S. The zero-order chi connectivity index (χ0) is 19.3. The first-order valence-corrected chi connectivity index (χ1v) is 10.2. The van der Waals surface area contributed by atoms with E-state index in [4.69, 9.17) is 4.74 Å². The van der Waals surface area contributed by atoms with Crippen LogP contribution >= 0.6 is 11.8 Å². The predicted octanol–water partition coefficient (Wildman–Crippen LogP) is 4.16. The van der Waals surface area contributed by atoms with Crippen LogP contribution in [0.3, 0.4) is 0 Å². The molecule has 1 aromatic carbocycles.